The van der Waals surface area contributed by atoms with Gasteiger partial charge >= 0.3 is 0 Å². The molecule has 2 aliphatic rings. The maximum absolute atomic E-state index is 13.1. The van der Waals surface area contributed by atoms with Crippen molar-refractivity contribution in [3.8, 4) is 5.75 Å². The van der Waals surface area contributed by atoms with Crippen molar-refractivity contribution in [1.82, 2.24) is 0 Å². The van der Waals surface area contributed by atoms with E-state index in [4.69, 9.17) is 13.9 Å². The van der Waals surface area contributed by atoms with E-state index in [0.29, 0.717) is 45.8 Å². The molecule has 0 bridgehead atoms. The van der Waals surface area contributed by atoms with Crippen molar-refractivity contribution in [2.75, 3.05) is 0 Å². The second kappa shape index (κ2) is 6.83. The molecule has 0 unspecified atom stereocenters. The van der Waals surface area contributed by atoms with Crippen molar-refractivity contribution in [1.29, 1.82) is 0 Å². The second-order valence-corrected chi connectivity index (χ2v) is 6.55. The first-order valence-electron chi connectivity index (χ1n) is 8.98. The maximum atomic E-state index is 13.1. The molecule has 5 heteroatoms. The summed E-state index contributed by atoms with van der Waals surface area (Å²) in [6.07, 6.45) is 11.4. The van der Waals surface area contributed by atoms with Gasteiger partial charge in [0.25, 0.3) is 0 Å². The van der Waals surface area contributed by atoms with E-state index in [1.165, 1.54) is 12.3 Å². The summed E-state index contributed by atoms with van der Waals surface area (Å²) in [6.45, 7) is 3.62. The van der Waals surface area contributed by atoms with Crippen LogP contribution in [0, 0.1) is 6.92 Å². The first-order chi connectivity index (χ1) is 13.1. The highest BCUT2D eigenvalue weighted by Gasteiger charge is 2.23. The number of rotatable bonds is 3. The summed E-state index contributed by atoms with van der Waals surface area (Å²) < 4.78 is 17.2. The SMILES string of the molecule is CCc1cc2c(=O)c(C3=COC=C(C4=CC=CCC4)O3)c(C)oc2cc1O. The molecule has 0 radical (unpaired) electrons. The molecule has 27 heavy (non-hydrogen) atoms. The van der Waals surface area contributed by atoms with Gasteiger partial charge < -0.3 is 19.0 Å². The number of benzene rings is 1. The molecular formula is C22H20O5. The topological polar surface area (TPSA) is 68.9 Å². The molecule has 4 rings (SSSR count). The Labute approximate surface area is 156 Å². The van der Waals surface area contributed by atoms with Crippen LogP contribution < -0.4 is 5.43 Å². The van der Waals surface area contributed by atoms with Crippen LogP contribution in [0.4, 0.5) is 0 Å². The van der Waals surface area contributed by atoms with Gasteiger partial charge in [-0.1, -0.05) is 25.2 Å². The largest absolute Gasteiger partial charge is 0.508 e. The third kappa shape index (κ3) is 3.05. The van der Waals surface area contributed by atoms with E-state index in [9.17, 15) is 9.90 Å². The van der Waals surface area contributed by atoms with Gasteiger partial charge in [0.15, 0.2) is 11.5 Å². The lowest BCUT2D eigenvalue weighted by Gasteiger charge is -2.20. The molecule has 1 aromatic heterocycles. The lowest BCUT2D eigenvalue weighted by molar-refractivity contribution is 0.284. The van der Waals surface area contributed by atoms with E-state index in [2.05, 4.69) is 6.08 Å². The van der Waals surface area contributed by atoms with Crippen LogP contribution in [-0.2, 0) is 15.9 Å². The van der Waals surface area contributed by atoms with E-state index in [0.717, 1.165) is 18.4 Å². The Morgan fingerprint density at radius 3 is 2.74 bits per heavy atom. The highest BCUT2D eigenvalue weighted by Crippen LogP contribution is 2.32. The molecule has 0 spiro atoms. The Morgan fingerprint density at radius 2 is 2.00 bits per heavy atom. The van der Waals surface area contributed by atoms with Crippen molar-refractivity contribution in [2.24, 2.45) is 0 Å². The Bertz CT molecular complexity index is 1100. The highest BCUT2D eigenvalue weighted by atomic mass is 16.5. The first kappa shape index (κ1) is 17.2. The molecule has 1 N–H and O–H groups in total. The minimum absolute atomic E-state index is 0.124. The van der Waals surface area contributed by atoms with Crippen LogP contribution in [0.2, 0.25) is 0 Å². The zero-order valence-corrected chi connectivity index (χ0v) is 15.2. The third-order valence-electron chi connectivity index (χ3n) is 4.80. The first-order valence-corrected chi connectivity index (χ1v) is 8.98. The van der Waals surface area contributed by atoms with E-state index in [1.807, 2.05) is 19.1 Å². The number of aryl methyl sites for hydroxylation is 2. The fourth-order valence-corrected chi connectivity index (χ4v) is 3.34. The average molecular weight is 364 g/mol. The quantitative estimate of drug-likeness (QED) is 0.844. The monoisotopic (exact) mass is 364 g/mol. The van der Waals surface area contributed by atoms with Crippen molar-refractivity contribution in [2.45, 2.75) is 33.1 Å². The van der Waals surface area contributed by atoms with Crippen LogP contribution in [0.25, 0.3) is 16.7 Å². The van der Waals surface area contributed by atoms with Crippen LogP contribution in [0.5, 0.6) is 5.75 Å². The average Bonchev–Trinajstić information content (AvgIpc) is 2.68. The lowest BCUT2D eigenvalue weighted by Crippen LogP contribution is -2.14. The van der Waals surface area contributed by atoms with Gasteiger partial charge in [-0.3, -0.25) is 4.79 Å². The van der Waals surface area contributed by atoms with Crippen LogP contribution >= 0.6 is 0 Å². The predicted octanol–water partition coefficient (Wildman–Crippen LogP) is 4.83. The molecule has 2 aromatic rings. The number of hydrogen-bond donors (Lipinski definition) is 1. The van der Waals surface area contributed by atoms with Crippen LogP contribution in [0.15, 0.2) is 63.4 Å². The molecule has 0 atom stereocenters. The van der Waals surface area contributed by atoms with Gasteiger partial charge in [0.05, 0.1) is 5.39 Å². The Morgan fingerprint density at radius 1 is 1.19 bits per heavy atom. The number of allylic oxidation sites excluding steroid dienone is 4. The number of phenolic OH excluding ortho intramolecular Hbond substituents is 1. The summed E-state index contributed by atoms with van der Waals surface area (Å²) in [6, 6.07) is 3.17. The molecule has 0 amide bonds. The fourth-order valence-electron chi connectivity index (χ4n) is 3.34. The summed E-state index contributed by atoms with van der Waals surface area (Å²) in [5.74, 6) is 1.45. The van der Waals surface area contributed by atoms with Gasteiger partial charge in [0.1, 0.15) is 35.2 Å². The van der Waals surface area contributed by atoms with Crippen molar-refractivity contribution in [3.63, 3.8) is 0 Å². The fraction of sp³-hybridized carbons (Fsp3) is 0.227. The Balaban J connectivity index is 1.78. The van der Waals surface area contributed by atoms with E-state index < -0.39 is 0 Å². The predicted molar refractivity (Wildman–Crippen MR) is 103 cm³/mol. The summed E-state index contributed by atoms with van der Waals surface area (Å²) in [7, 11) is 0. The number of ether oxygens (including phenoxy) is 2. The smallest absolute Gasteiger partial charge is 0.204 e. The minimum atomic E-state index is -0.211. The Hall–Kier alpha value is -3.21. The van der Waals surface area contributed by atoms with Crippen LogP contribution in [0.3, 0.4) is 0 Å². The van der Waals surface area contributed by atoms with Gasteiger partial charge in [-0.2, -0.15) is 0 Å². The van der Waals surface area contributed by atoms with Crippen LogP contribution in [-0.4, -0.2) is 5.11 Å². The number of phenols is 1. The second-order valence-electron chi connectivity index (χ2n) is 6.55. The van der Waals surface area contributed by atoms with Gasteiger partial charge in [-0.25, -0.2) is 0 Å². The van der Waals surface area contributed by atoms with E-state index in [-0.39, 0.29) is 11.2 Å². The van der Waals surface area contributed by atoms with E-state index >= 15 is 0 Å². The molecule has 1 aliphatic heterocycles. The van der Waals surface area contributed by atoms with Gasteiger partial charge in [0, 0.05) is 6.07 Å². The van der Waals surface area contributed by atoms with Crippen molar-refractivity contribution >= 4 is 16.7 Å². The molecule has 138 valence electrons. The Kier molecular flexibility index (Phi) is 4.36. The molecule has 5 nitrogen and oxygen atoms in total. The zero-order chi connectivity index (χ0) is 19.0. The van der Waals surface area contributed by atoms with E-state index in [1.54, 1.807) is 19.3 Å². The van der Waals surface area contributed by atoms with Gasteiger partial charge in [-0.05, 0) is 43.4 Å². The summed E-state index contributed by atoms with van der Waals surface area (Å²) in [5.41, 5.74) is 2.18. The molecule has 1 aromatic carbocycles. The summed E-state index contributed by atoms with van der Waals surface area (Å²) >= 11 is 0. The normalized spacial score (nSPS) is 16.3. The van der Waals surface area contributed by atoms with Gasteiger partial charge in [0.2, 0.25) is 5.43 Å². The molecule has 1 aliphatic carbocycles. The molecule has 2 heterocycles. The summed E-state index contributed by atoms with van der Waals surface area (Å²) in [5, 5.41) is 10.5. The molecule has 0 saturated carbocycles. The van der Waals surface area contributed by atoms with Gasteiger partial charge in [-0.15, -0.1) is 0 Å². The number of hydrogen-bond acceptors (Lipinski definition) is 5. The molecular weight excluding hydrogens is 344 g/mol. The summed E-state index contributed by atoms with van der Waals surface area (Å²) in [4.78, 5) is 13.1. The van der Waals surface area contributed by atoms with Crippen molar-refractivity contribution < 1.29 is 19.0 Å². The lowest BCUT2D eigenvalue weighted by atomic mass is 10.0. The minimum Gasteiger partial charge on any atom is -0.508 e. The van der Waals surface area contributed by atoms with Crippen LogP contribution in [0.1, 0.15) is 36.7 Å². The third-order valence-corrected chi connectivity index (χ3v) is 4.80. The zero-order valence-electron chi connectivity index (χ0n) is 15.2. The number of fused-ring (bicyclic) bond motifs is 1. The molecule has 0 fully saturated rings. The number of aromatic hydroxyl groups is 1. The standard InChI is InChI=1S/C22H20O5/c1-3-14-9-16-18(10-17(14)23)26-13(2)21(22(16)24)20-12-25-11-19(27-20)15-7-5-4-6-8-15/h4-5,7,9-12,23H,3,6,8H2,1-2H3. The van der Waals surface area contributed by atoms with Crippen molar-refractivity contribution in [3.05, 3.63) is 81.3 Å². The maximum Gasteiger partial charge on any atom is 0.204 e. The highest BCUT2D eigenvalue weighted by molar-refractivity contribution is 5.83. The molecule has 0 saturated heterocycles.